The zero-order valence-corrected chi connectivity index (χ0v) is 15.9. The van der Waals surface area contributed by atoms with Gasteiger partial charge in [-0.1, -0.05) is 5.16 Å². The maximum absolute atomic E-state index is 12.7. The molecule has 9 heteroatoms. The minimum absolute atomic E-state index is 0.0119. The Labute approximate surface area is 155 Å². The van der Waals surface area contributed by atoms with Gasteiger partial charge in [0.2, 0.25) is 5.91 Å². The van der Waals surface area contributed by atoms with Crippen LogP contribution in [0.5, 0.6) is 5.75 Å². The SMILES string of the molecule is COc1cc(C)sc1C(=O)N1CCN(CC(=O)Nc2cc(C)on2)CC1. The highest BCUT2D eigenvalue weighted by Gasteiger charge is 2.26. The molecule has 1 fully saturated rings. The molecule has 0 spiro atoms. The van der Waals surface area contributed by atoms with Crippen LogP contribution in [0.1, 0.15) is 20.3 Å². The summed E-state index contributed by atoms with van der Waals surface area (Å²) in [6.07, 6.45) is 0. The zero-order valence-electron chi connectivity index (χ0n) is 15.1. The number of aryl methyl sites for hydroxylation is 2. The summed E-state index contributed by atoms with van der Waals surface area (Å²) >= 11 is 1.45. The van der Waals surface area contributed by atoms with Crippen LogP contribution in [0.3, 0.4) is 0 Å². The van der Waals surface area contributed by atoms with E-state index >= 15 is 0 Å². The Hall–Kier alpha value is -2.39. The third-order valence-electron chi connectivity index (χ3n) is 4.16. The van der Waals surface area contributed by atoms with Crippen LogP contribution in [0, 0.1) is 13.8 Å². The molecule has 1 saturated heterocycles. The number of anilines is 1. The van der Waals surface area contributed by atoms with E-state index < -0.39 is 0 Å². The fourth-order valence-corrected chi connectivity index (χ4v) is 3.80. The van der Waals surface area contributed by atoms with E-state index in [1.807, 2.05) is 22.8 Å². The van der Waals surface area contributed by atoms with Crippen LogP contribution in [0.4, 0.5) is 5.82 Å². The van der Waals surface area contributed by atoms with Crippen LogP contribution >= 0.6 is 11.3 Å². The van der Waals surface area contributed by atoms with Gasteiger partial charge < -0.3 is 19.5 Å². The summed E-state index contributed by atoms with van der Waals surface area (Å²) in [7, 11) is 1.57. The highest BCUT2D eigenvalue weighted by atomic mass is 32.1. The number of amides is 2. The van der Waals surface area contributed by atoms with Crippen LogP contribution in [0.25, 0.3) is 0 Å². The zero-order chi connectivity index (χ0) is 18.7. The van der Waals surface area contributed by atoms with Gasteiger partial charge in [-0.3, -0.25) is 14.5 Å². The molecule has 0 saturated carbocycles. The molecular formula is C17H22N4O4S. The number of hydrogen-bond acceptors (Lipinski definition) is 7. The number of nitrogens with zero attached hydrogens (tertiary/aromatic N) is 3. The highest BCUT2D eigenvalue weighted by molar-refractivity contribution is 7.14. The second kappa shape index (κ2) is 7.88. The maximum atomic E-state index is 12.7. The number of carbonyl (C=O) groups excluding carboxylic acids is 2. The van der Waals surface area contributed by atoms with E-state index in [0.717, 1.165) is 4.88 Å². The van der Waals surface area contributed by atoms with Crippen LogP contribution < -0.4 is 10.1 Å². The van der Waals surface area contributed by atoms with E-state index in [9.17, 15) is 9.59 Å². The summed E-state index contributed by atoms with van der Waals surface area (Å²) in [6.45, 7) is 6.42. The van der Waals surface area contributed by atoms with E-state index in [-0.39, 0.29) is 18.4 Å². The molecule has 2 amide bonds. The first kappa shape index (κ1) is 18.4. The topological polar surface area (TPSA) is 87.9 Å². The van der Waals surface area contributed by atoms with Gasteiger partial charge in [-0.2, -0.15) is 0 Å². The quantitative estimate of drug-likeness (QED) is 0.853. The number of ether oxygens (including phenoxy) is 1. The second-order valence-corrected chi connectivity index (χ2v) is 7.45. The molecule has 0 bridgehead atoms. The van der Waals surface area contributed by atoms with Crippen molar-refractivity contribution in [3.8, 4) is 5.75 Å². The molecule has 0 radical (unpaired) electrons. The number of piperazine rings is 1. The summed E-state index contributed by atoms with van der Waals surface area (Å²) < 4.78 is 10.2. The molecule has 0 unspecified atom stereocenters. The summed E-state index contributed by atoms with van der Waals surface area (Å²) in [5.41, 5.74) is 0. The summed E-state index contributed by atoms with van der Waals surface area (Å²) in [5.74, 6) is 1.53. The largest absolute Gasteiger partial charge is 0.495 e. The minimum Gasteiger partial charge on any atom is -0.495 e. The number of carbonyl (C=O) groups is 2. The van der Waals surface area contributed by atoms with E-state index in [1.165, 1.54) is 11.3 Å². The van der Waals surface area contributed by atoms with Gasteiger partial charge in [0.1, 0.15) is 16.4 Å². The molecule has 26 heavy (non-hydrogen) atoms. The van der Waals surface area contributed by atoms with Gasteiger partial charge in [0.15, 0.2) is 5.82 Å². The van der Waals surface area contributed by atoms with Gasteiger partial charge in [0, 0.05) is 37.1 Å². The Kier molecular flexibility index (Phi) is 5.58. The molecule has 0 aliphatic carbocycles. The smallest absolute Gasteiger partial charge is 0.267 e. The predicted octanol–water partition coefficient (Wildman–Crippen LogP) is 1.76. The first-order valence-corrected chi connectivity index (χ1v) is 9.17. The van der Waals surface area contributed by atoms with Crippen molar-refractivity contribution in [3.05, 3.63) is 27.6 Å². The molecule has 3 heterocycles. The fourth-order valence-electron chi connectivity index (χ4n) is 2.86. The van der Waals surface area contributed by atoms with Crippen LogP contribution in [-0.4, -0.2) is 66.6 Å². The average Bonchev–Trinajstić information content (AvgIpc) is 3.20. The highest BCUT2D eigenvalue weighted by Crippen LogP contribution is 2.30. The number of aromatic nitrogens is 1. The lowest BCUT2D eigenvalue weighted by atomic mass is 10.2. The Morgan fingerprint density at radius 3 is 2.62 bits per heavy atom. The molecule has 1 aliphatic heterocycles. The van der Waals surface area contributed by atoms with Gasteiger partial charge >= 0.3 is 0 Å². The molecule has 0 aromatic carbocycles. The summed E-state index contributed by atoms with van der Waals surface area (Å²) in [5, 5.41) is 6.45. The van der Waals surface area contributed by atoms with Gasteiger partial charge in [-0.05, 0) is 19.9 Å². The Morgan fingerprint density at radius 2 is 2.00 bits per heavy atom. The van der Waals surface area contributed by atoms with E-state index in [0.29, 0.717) is 48.4 Å². The molecule has 1 aliphatic rings. The third kappa shape index (κ3) is 4.23. The minimum atomic E-state index is -0.145. The lowest BCUT2D eigenvalue weighted by Gasteiger charge is -2.34. The Morgan fingerprint density at radius 1 is 1.27 bits per heavy atom. The average molecular weight is 378 g/mol. The van der Waals surface area contributed by atoms with Crippen molar-refractivity contribution < 1.29 is 18.8 Å². The van der Waals surface area contributed by atoms with Crippen molar-refractivity contribution >= 4 is 29.0 Å². The number of methoxy groups -OCH3 is 1. The molecule has 3 rings (SSSR count). The molecule has 0 atom stereocenters. The van der Waals surface area contributed by atoms with E-state index in [2.05, 4.69) is 10.5 Å². The number of nitrogens with one attached hydrogen (secondary N) is 1. The standard InChI is InChI=1S/C17H22N4O4S/c1-11-8-14(19-25-11)18-15(22)10-20-4-6-21(7-5-20)17(23)16-13(24-3)9-12(2)26-16/h8-9H,4-7,10H2,1-3H3,(H,18,19,22). The van der Waals surface area contributed by atoms with E-state index in [1.54, 1.807) is 20.1 Å². The number of hydrogen-bond donors (Lipinski definition) is 1. The molecule has 2 aromatic rings. The number of thiophene rings is 1. The molecule has 2 aromatic heterocycles. The Balaban J connectivity index is 1.50. The van der Waals surface area contributed by atoms with Crippen molar-refractivity contribution in [2.75, 3.05) is 45.2 Å². The molecule has 8 nitrogen and oxygen atoms in total. The third-order valence-corrected chi connectivity index (χ3v) is 5.18. The van der Waals surface area contributed by atoms with Crippen LogP contribution in [0.15, 0.2) is 16.7 Å². The molecule has 140 valence electrons. The second-order valence-electron chi connectivity index (χ2n) is 6.19. The first-order chi connectivity index (χ1) is 12.5. The number of rotatable bonds is 5. The maximum Gasteiger partial charge on any atom is 0.267 e. The predicted molar refractivity (Wildman–Crippen MR) is 97.8 cm³/mol. The van der Waals surface area contributed by atoms with Crippen LogP contribution in [0.2, 0.25) is 0 Å². The van der Waals surface area contributed by atoms with Crippen molar-refractivity contribution in [2.45, 2.75) is 13.8 Å². The van der Waals surface area contributed by atoms with Crippen molar-refractivity contribution in [3.63, 3.8) is 0 Å². The lowest BCUT2D eigenvalue weighted by Crippen LogP contribution is -2.50. The van der Waals surface area contributed by atoms with Crippen molar-refractivity contribution in [1.29, 1.82) is 0 Å². The lowest BCUT2D eigenvalue weighted by molar-refractivity contribution is -0.117. The first-order valence-electron chi connectivity index (χ1n) is 8.35. The molecule has 1 N–H and O–H groups in total. The van der Waals surface area contributed by atoms with Crippen molar-refractivity contribution in [1.82, 2.24) is 15.0 Å². The monoisotopic (exact) mass is 378 g/mol. The normalized spacial score (nSPS) is 15.1. The van der Waals surface area contributed by atoms with Gasteiger partial charge in [0.25, 0.3) is 5.91 Å². The fraction of sp³-hybridized carbons (Fsp3) is 0.471. The van der Waals surface area contributed by atoms with Gasteiger partial charge in [-0.15, -0.1) is 11.3 Å². The summed E-state index contributed by atoms with van der Waals surface area (Å²) in [4.78, 5) is 30.3. The van der Waals surface area contributed by atoms with E-state index in [4.69, 9.17) is 9.26 Å². The van der Waals surface area contributed by atoms with Gasteiger partial charge in [-0.25, -0.2) is 0 Å². The summed E-state index contributed by atoms with van der Waals surface area (Å²) in [6, 6.07) is 3.55. The van der Waals surface area contributed by atoms with Gasteiger partial charge in [0.05, 0.1) is 13.7 Å². The molecular weight excluding hydrogens is 356 g/mol. The van der Waals surface area contributed by atoms with Crippen molar-refractivity contribution in [2.24, 2.45) is 0 Å². The van der Waals surface area contributed by atoms with Crippen LogP contribution in [-0.2, 0) is 4.79 Å². The Bertz CT molecular complexity index is 793.